The van der Waals surface area contributed by atoms with Gasteiger partial charge < -0.3 is 25.4 Å². The van der Waals surface area contributed by atoms with E-state index in [2.05, 4.69) is 11.6 Å². The Morgan fingerprint density at radius 2 is 2.00 bits per heavy atom. The Morgan fingerprint density at radius 1 is 1.21 bits per heavy atom. The van der Waals surface area contributed by atoms with Crippen molar-refractivity contribution in [3.8, 4) is 0 Å². The Balaban J connectivity index is 0.000000238. The van der Waals surface area contributed by atoms with Crippen molar-refractivity contribution in [2.45, 2.75) is 44.3 Å². The maximum Gasteiger partial charge on any atom is 0.174 e. The van der Waals surface area contributed by atoms with Gasteiger partial charge in [0.25, 0.3) is 0 Å². The van der Waals surface area contributed by atoms with E-state index in [0.717, 1.165) is 36.8 Å². The van der Waals surface area contributed by atoms with Crippen LogP contribution in [0.3, 0.4) is 0 Å². The number of aliphatic hydroxyl groups is 2. The first kappa shape index (κ1) is 26.6. The van der Waals surface area contributed by atoms with Gasteiger partial charge in [0.2, 0.25) is 0 Å². The topological polar surface area (TPSA) is 97.8 Å². The number of hydrogen-bond acceptors (Lipinski definition) is 6. The Labute approximate surface area is 194 Å². The molecule has 1 aromatic heterocycles. The van der Waals surface area contributed by atoms with Crippen LogP contribution in [0, 0.1) is 5.82 Å². The minimum Gasteiger partial charge on any atom is -0.388 e. The third-order valence-electron chi connectivity index (χ3n) is 4.98. The fraction of sp³-hybridized carbons (Fsp3) is 0.346. The predicted octanol–water partition coefficient (Wildman–Crippen LogP) is 3.75. The molecule has 0 amide bonds. The molecule has 1 saturated heterocycles. The Hall–Kier alpha value is -2.68. The number of benzene rings is 1. The minimum atomic E-state index is -0.858. The second-order valence-electron chi connectivity index (χ2n) is 7.50. The summed E-state index contributed by atoms with van der Waals surface area (Å²) in [7, 11) is 0. The Bertz CT molecular complexity index is 880. The second-order valence-corrected chi connectivity index (χ2v) is 7.50. The maximum atomic E-state index is 13.4. The molecule has 0 radical (unpaired) electrons. The zero-order valence-corrected chi connectivity index (χ0v) is 18.7. The smallest absolute Gasteiger partial charge is 0.174 e. The molecule has 0 spiro atoms. The highest BCUT2D eigenvalue weighted by atomic mass is 19.1. The first-order valence-electron chi connectivity index (χ1n) is 11.0. The number of allylic oxidation sites excluding steroid dienone is 4. The van der Waals surface area contributed by atoms with Gasteiger partial charge in [0, 0.05) is 25.8 Å². The van der Waals surface area contributed by atoms with Gasteiger partial charge in [0.1, 0.15) is 5.82 Å². The number of aliphatic hydroxyl groups excluding tert-OH is 2. The Kier molecular flexibility index (Phi) is 12.2. The van der Waals surface area contributed by atoms with E-state index < -0.39 is 18.2 Å². The molecule has 1 fully saturated rings. The van der Waals surface area contributed by atoms with E-state index in [1.807, 2.05) is 24.3 Å². The molecule has 33 heavy (non-hydrogen) atoms. The van der Waals surface area contributed by atoms with Crippen molar-refractivity contribution in [1.82, 2.24) is 4.98 Å². The van der Waals surface area contributed by atoms with Gasteiger partial charge in [0.15, 0.2) is 6.29 Å². The lowest BCUT2D eigenvalue weighted by Gasteiger charge is -2.12. The van der Waals surface area contributed by atoms with Gasteiger partial charge in [-0.3, -0.25) is 4.98 Å². The molecule has 0 saturated carbocycles. The molecule has 0 bridgehead atoms. The van der Waals surface area contributed by atoms with Gasteiger partial charge in [0.05, 0.1) is 25.0 Å². The standard InChI is InChI=1S/C14H15FN2O.C12H18O3/c15-13-9-17-6-5-12(13)7-14(18)11-3-1-10(8-16)2-4-11;1-2-3-4-5-8-12(13)15-10-11-7-6-9-14-11/h1-6,9,14,18H,7-8,16H2;2-5,8,11-13H,1,6-7,9-10H2/b;4-3-,8-5+. The van der Waals surface area contributed by atoms with Crippen LogP contribution in [0.4, 0.5) is 4.39 Å². The van der Waals surface area contributed by atoms with Crippen molar-refractivity contribution in [1.29, 1.82) is 0 Å². The third kappa shape index (κ3) is 10.2. The normalized spacial score (nSPS) is 17.6. The molecule has 4 N–H and O–H groups in total. The van der Waals surface area contributed by atoms with Gasteiger partial charge in [-0.2, -0.15) is 0 Å². The summed E-state index contributed by atoms with van der Waals surface area (Å²) in [4.78, 5) is 3.68. The summed E-state index contributed by atoms with van der Waals surface area (Å²) >= 11 is 0. The van der Waals surface area contributed by atoms with Crippen LogP contribution in [0.2, 0.25) is 0 Å². The van der Waals surface area contributed by atoms with Crippen LogP contribution in [-0.4, -0.2) is 40.8 Å². The van der Waals surface area contributed by atoms with E-state index in [-0.39, 0.29) is 12.5 Å². The van der Waals surface area contributed by atoms with Gasteiger partial charge in [-0.1, -0.05) is 55.1 Å². The summed E-state index contributed by atoms with van der Waals surface area (Å²) in [5.74, 6) is -0.393. The van der Waals surface area contributed by atoms with Crippen molar-refractivity contribution >= 4 is 0 Å². The third-order valence-corrected chi connectivity index (χ3v) is 4.98. The molecule has 0 aliphatic carbocycles. The highest BCUT2D eigenvalue weighted by Crippen LogP contribution is 2.20. The molecule has 1 aliphatic heterocycles. The van der Waals surface area contributed by atoms with Crippen molar-refractivity contribution in [3.05, 3.63) is 102 Å². The monoisotopic (exact) mass is 456 g/mol. The lowest BCUT2D eigenvalue weighted by Crippen LogP contribution is -2.19. The van der Waals surface area contributed by atoms with Crippen LogP contribution in [0.1, 0.15) is 35.6 Å². The number of nitrogens with zero attached hydrogens (tertiary/aromatic N) is 1. The summed E-state index contributed by atoms with van der Waals surface area (Å²) in [5.41, 5.74) is 7.71. The van der Waals surface area contributed by atoms with E-state index in [1.54, 1.807) is 36.4 Å². The SMILES string of the molecule is C=C/C=C\C=C\C(O)OCC1CCCO1.NCc1ccc(C(O)Cc2ccncc2F)cc1. The summed E-state index contributed by atoms with van der Waals surface area (Å²) < 4.78 is 23.9. The first-order chi connectivity index (χ1) is 16.0. The van der Waals surface area contributed by atoms with Gasteiger partial charge >= 0.3 is 0 Å². The zero-order valence-electron chi connectivity index (χ0n) is 18.7. The van der Waals surface area contributed by atoms with Crippen molar-refractivity contribution in [3.63, 3.8) is 0 Å². The minimum absolute atomic E-state index is 0.150. The molecular weight excluding hydrogens is 423 g/mol. The average molecular weight is 457 g/mol. The number of rotatable bonds is 10. The predicted molar refractivity (Wildman–Crippen MR) is 127 cm³/mol. The summed E-state index contributed by atoms with van der Waals surface area (Å²) in [5, 5.41) is 19.4. The molecule has 7 heteroatoms. The highest BCUT2D eigenvalue weighted by molar-refractivity contribution is 5.26. The van der Waals surface area contributed by atoms with Crippen LogP contribution in [0.15, 0.2) is 79.7 Å². The van der Waals surface area contributed by atoms with E-state index in [1.165, 1.54) is 6.20 Å². The van der Waals surface area contributed by atoms with Gasteiger partial charge in [-0.05, 0) is 41.7 Å². The quantitative estimate of drug-likeness (QED) is 0.372. The molecule has 3 unspecified atom stereocenters. The fourth-order valence-corrected chi connectivity index (χ4v) is 3.11. The highest BCUT2D eigenvalue weighted by Gasteiger charge is 2.16. The van der Waals surface area contributed by atoms with Crippen molar-refractivity contribution < 1.29 is 24.1 Å². The number of ether oxygens (including phenoxy) is 2. The van der Waals surface area contributed by atoms with Crippen LogP contribution in [0.25, 0.3) is 0 Å². The van der Waals surface area contributed by atoms with Crippen LogP contribution in [0.5, 0.6) is 0 Å². The van der Waals surface area contributed by atoms with E-state index in [4.69, 9.17) is 15.2 Å². The second kappa shape index (κ2) is 15.2. The largest absolute Gasteiger partial charge is 0.388 e. The van der Waals surface area contributed by atoms with Crippen molar-refractivity contribution in [2.75, 3.05) is 13.2 Å². The average Bonchev–Trinajstić information content (AvgIpc) is 3.36. The number of pyridine rings is 1. The number of nitrogens with two attached hydrogens (primary N) is 1. The molecule has 6 nitrogen and oxygen atoms in total. The molecule has 2 aromatic rings. The van der Waals surface area contributed by atoms with Gasteiger partial charge in [-0.25, -0.2) is 4.39 Å². The molecule has 3 atom stereocenters. The lowest BCUT2D eigenvalue weighted by molar-refractivity contribution is -0.0946. The van der Waals surface area contributed by atoms with Gasteiger partial charge in [-0.15, -0.1) is 0 Å². The number of halogens is 1. The molecule has 3 rings (SSSR count). The Morgan fingerprint density at radius 3 is 2.64 bits per heavy atom. The molecule has 1 aromatic carbocycles. The van der Waals surface area contributed by atoms with E-state index in [0.29, 0.717) is 18.7 Å². The van der Waals surface area contributed by atoms with E-state index >= 15 is 0 Å². The first-order valence-corrected chi connectivity index (χ1v) is 11.0. The summed E-state index contributed by atoms with van der Waals surface area (Å²) in [6.45, 7) is 5.27. The van der Waals surface area contributed by atoms with E-state index in [9.17, 15) is 14.6 Å². The summed E-state index contributed by atoms with van der Waals surface area (Å²) in [6, 6.07) is 8.92. The number of hydrogen-bond donors (Lipinski definition) is 3. The van der Waals surface area contributed by atoms with Crippen LogP contribution < -0.4 is 5.73 Å². The maximum absolute atomic E-state index is 13.4. The fourth-order valence-electron chi connectivity index (χ4n) is 3.11. The lowest BCUT2D eigenvalue weighted by atomic mass is 10.0. The molecular formula is C26H33FN2O4. The summed E-state index contributed by atoms with van der Waals surface area (Å²) in [6.07, 6.45) is 12.1. The molecule has 2 heterocycles. The molecule has 178 valence electrons. The van der Waals surface area contributed by atoms with Crippen LogP contribution in [-0.2, 0) is 22.4 Å². The van der Waals surface area contributed by atoms with Crippen LogP contribution >= 0.6 is 0 Å². The molecule has 1 aliphatic rings. The van der Waals surface area contributed by atoms with Crippen molar-refractivity contribution in [2.24, 2.45) is 5.73 Å². The zero-order chi connectivity index (χ0) is 23.9. The number of aromatic nitrogens is 1.